The number of rotatable bonds is 4. The van der Waals surface area contributed by atoms with Gasteiger partial charge in [-0.25, -0.2) is 0 Å². The van der Waals surface area contributed by atoms with Crippen LogP contribution in [-0.4, -0.2) is 23.8 Å². The molecule has 0 spiro atoms. The summed E-state index contributed by atoms with van der Waals surface area (Å²) in [5.41, 5.74) is 1.23. The average molecular weight is 278 g/mol. The van der Waals surface area contributed by atoms with Crippen molar-refractivity contribution in [1.29, 1.82) is 0 Å². The van der Waals surface area contributed by atoms with E-state index in [-0.39, 0.29) is 36.4 Å². The summed E-state index contributed by atoms with van der Waals surface area (Å²) >= 11 is 0. The number of aliphatic hydroxyl groups is 1. The molecule has 2 aliphatic rings. The molecule has 1 N–H and O–H groups in total. The highest BCUT2D eigenvalue weighted by atomic mass is 16.5. The van der Waals surface area contributed by atoms with Crippen LogP contribution in [0.25, 0.3) is 0 Å². The SMILES string of the molecule is CCC(C)C(=O)O[C@H]1CCC=C2C=C[C@H](C)[C@H](CO)[C@H]21. The van der Waals surface area contributed by atoms with Crippen molar-refractivity contribution >= 4 is 5.97 Å². The lowest BCUT2D eigenvalue weighted by molar-refractivity contribution is -0.158. The summed E-state index contributed by atoms with van der Waals surface area (Å²) in [6, 6.07) is 0. The second kappa shape index (κ2) is 6.57. The van der Waals surface area contributed by atoms with Gasteiger partial charge in [-0.1, -0.05) is 39.0 Å². The zero-order valence-electron chi connectivity index (χ0n) is 12.7. The summed E-state index contributed by atoms with van der Waals surface area (Å²) in [6.45, 7) is 6.18. The third kappa shape index (κ3) is 2.98. The van der Waals surface area contributed by atoms with Crippen molar-refractivity contribution in [3.05, 3.63) is 23.8 Å². The van der Waals surface area contributed by atoms with Crippen molar-refractivity contribution in [2.45, 2.75) is 46.1 Å². The minimum atomic E-state index is -0.0994. The van der Waals surface area contributed by atoms with Crippen LogP contribution in [0.3, 0.4) is 0 Å². The van der Waals surface area contributed by atoms with E-state index in [0.717, 1.165) is 19.3 Å². The smallest absolute Gasteiger partial charge is 0.308 e. The standard InChI is InChI=1S/C17H26O3/c1-4-11(2)17(19)20-15-7-5-6-13-9-8-12(3)14(10-18)16(13)15/h6,8-9,11-12,14-16,18H,4-5,7,10H2,1-3H3/t11?,12-,14-,15-,16-/m0/s1. The largest absolute Gasteiger partial charge is 0.461 e. The van der Waals surface area contributed by atoms with Crippen LogP contribution in [0.1, 0.15) is 40.0 Å². The van der Waals surface area contributed by atoms with E-state index in [4.69, 9.17) is 4.74 Å². The molecule has 0 fully saturated rings. The van der Waals surface area contributed by atoms with E-state index < -0.39 is 0 Å². The molecule has 112 valence electrons. The fraction of sp³-hybridized carbons (Fsp3) is 0.706. The van der Waals surface area contributed by atoms with Gasteiger partial charge in [0.05, 0.1) is 5.92 Å². The Balaban J connectivity index is 2.16. The fourth-order valence-electron chi connectivity index (χ4n) is 3.22. The molecule has 20 heavy (non-hydrogen) atoms. The van der Waals surface area contributed by atoms with Crippen molar-refractivity contribution in [2.75, 3.05) is 6.61 Å². The van der Waals surface area contributed by atoms with Crippen molar-refractivity contribution in [3.63, 3.8) is 0 Å². The Morgan fingerprint density at radius 2 is 2.30 bits per heavy atom. The van der Waals surface area contributed by atoms with E-state index >= 15 is 0 Å². The number of allylic oxidation sites excluding steroid dienone is 3. The predicted octanol–water partition coefficient (Wildman–Crippen LogP) is 3.10. The van der Waals surface area contributed by atoms with Gasteiger partial charge in [0, 0.05) is 12.5 Å². The molecular formula is C17H26O3. The van der Waals surface area contributed by atoms with Gasteiger partial charge in [-0.05, 0) is 36.7 Å². The molecule has 0 aromatic carbocycles. The van der Waals surface area contributed by atoms with E-state index in [1.54, 1.807) is 0 Å². The van der Waals surface area contributed by atoms with Crippen molar-refractivity contribution in [2.24, 2.45) is 23.7 Å². The van der Waals surface area contributed by atoms with Crippen LogP contribution < -0.4 is 0 Å². The Kier molecular flexibility index (Phi) is 5.03. The Morgan fingerprint density at radius 1 is 1.55 bits per heavy atom. The molecule has 2 aliphatic carbocycles. The number of carbonyl (C=O) groups is 1. The number of esters is 1. The molecule has 5 atom stereocenters. The predicted molar refractivity (Wildman–Crippen MR) is 79.0 cm³/mol. The number of fused-ring (bicyclic) bond motifs is 1. The summed E-state index contributed by atoms with van der Waals surface area (Å²) in [4.78, 5) is 12.1. The van der Waals surface area contributed by atoms with Crippen LogP contribution in [0.15, 0.2) is 23.8 Å². The Hall–Kier alpha value is -1.09. The third-order valence-corrected chi connectivity index (χ3v) is 4.84. The summed E-state index contributed by atoms with van der Waals surface area (Å²) in [5, 5.41) is 9.71. The highest BCUT2D eigenvalue weighted by Gasteiger charge is 2.39. The van der Waals surface area contributed by atoms with E-state index in [1.807, 2.05) is 13.8 Å². The van der Waals surface area contributed by atoms with Gasteiger partial charge < -0.3 is 9.84 Å². The highest BCUT2D eigenvalue weighted by molar-refractivity contribution is 5.72. The van der Waals surface area contributed by atoms with Gasteiger partial charge in [-0.3, -0.25) is 4.79 Å². The molecule has 0 saturated carbocycles. The first-order chi connectivity index (χ1) is 9.58. The number of hydrogen-bond acceptors (Lipinski definition) is 3. The second-order valence-corrected chi connectivity index (χ2v) is 6.16. The molecule has 3 nitrogen and oxygen atoms in total. The maximum Gasteiger partial charge on any atom is 0.308 e. The first kappa shape index (κ1) is 15.3. The van der Waals surface area contributed by atoms with Crippen LogP contribution >= 0.6 is 0 Å². The molecule has 3 heteroatoms. The maximum atomic E-state index is 12.1. The molecule has 0 saturated heterocycles. The van der Waals surface area contributed by atoms with Crippen molar-refractivity contribution in [1.82, 2.24) is 0 Å². The van der Waals surface area contributed by atoms with Crippen LogP contribution in [0, 0.1) is 23.7 Å². The Labute approximate surface area is 121 Å². The van der Waals surface area contributed by atoms with Crippen LogP contribution in [0.4, 0.5) is 0 Å². The van der Waals surface area contributed by atoms with Gasteiger partial charge in [-0.2, -0.15) is 0 Å². The zero-order valence-corrected chi connectivity index (χ0v) is 12.7. The van der Waals surface area contributed by atoms with E-state index in [2.05, 4.69) is 25.2 Å². The normalized spacial score (nSPS) is 34.1. The van der Waals surface area contributed by atoms with Gasteiger partial charge in [0.15, 0.2) is 0 Å². The summed E-state index contributed by atoms with van der Waals surface area (Å²) in [7, 11) is 0. The number of carbonyl (C=O) groups excluding carboxylic acids is 1. The Bertz CT molecular complexity index is 410. The van der Waals surface area contributed by atoms with Crippen molar-refractivity contribution in [3.8, 4) is 0 Å². The molecule has 0 aromatic heterocycles. The molecule has 0 aromatic rings. The van der Waals surface area contributed by atoms with Crippen LogP contribution in [0.2, 0.25) is 0 Å². The quantitative estimate of drug-likeness (QED) is 0.804. The third-order valence-electron chi connectivity index (χ3n) is 4.84. The monoisotopic (exact) mass is 278 g/mol. The minimum Gasteiger partial charge on any atom is -0.461 e. The van der Waals surface area contributed by atoms with Gasteiger partial charge >= 0.3 is 5.97 Å². The van der Waals surface area contributed by atoms with Gasteiger partial charge in [0.2, 0.25) is 0 Å². The molecular weight excluding hydrogens is 252 g/mol. The number of aliphatic hydroxyl groups excluding tert-OH is 1. The van der Waals surface area contributed by atoms with Gasteiger partial charge in [0.1, 0.15) is 6.10 Å². The fourth-order valence-corrected chi connectivity index (χ4v) is 3.22. The lowest BCUT2D eigenvalue weighted by atomic mass is 9.68. The molecule has 0 radical (unpaired) electrons. The first-order valence-electron chi connectivity index (χ1n) is 7.78. The van der Waals surface area contributed by atoms with Crippen LogP contribution in [-0.2, 0) is 9.53 Å². The lowest BCUT2D eigenvalue weighted by Crippen LogP contribution is -2.41. The molecule has 0 heterocycles. The molecule has 0 bridgehead atoms. The maximum absolute atomic E-state index is 12.1. The summed E-state index contributed by atoms with van der Waals surface area (Å²) < 4.78 is 5.77. The number of ether oxygens (including phenoxy) is 1. The average Bonchev–Trinajstić information content (AvgIpc) is 2.46. The lowest BCUT2D eigenvalue weighted by Gasteiger charge is -2.40. The van der Waals surface area contributed by atoms with Crippen LogP contribution in [0.5, 0.6) is 0 Å². The van der Waals surface area contributed by atoms with E-state index in [1.165, 1.54) is 5.57 Å². The van der Waals surface area contributed by atoms with Gasteiger partial charge in [-0.15, -0.1) is 0 Å². The first-order valence-corrected chi connectivity index (χ1v) is 7.78. The molecule has 0 aliphatic heterocycles. The molecule has 2 rings (SSSR count). The second-order valence-electron chi connectivity index (χ2n) is 6.16. The minimum absolute atomic E-state index is 0.0477. The summed E-state index contributed by atoms with van der Waals surface area (Å²) in [6.07, 6.45) is 9.06. The summed E-state index contributed by atoms with van der Waals surface area (Å²) in [5.74, 6) is 0.485. The molecule has 0 amide bonds. The number of hydrogen-bond donors (Lipinski definition) is 1. The Morgan fingerprint density at radius 3 is 2.95 bits per heavy atom. The van der Waals surface area contributed by atoms with E-state index in [0.29, 0.717) is 5.92 Å². The topological polar surface area (TPSA) is 46.5 Å². The highest BCUT2D eigenvalue weighted by Crippen LogP contribution is 2.41. The molecule has 1 unspecified atom stereocenters. The van der Waals surface area contributed by atoms with Gasteiger partial charge in [0.25, 0.3) is 0 Å². The van der Waals surface area contributed by atoms with E-state index in [9.17, 15) is 9.90 Å². The van der Waals surface area contributed by atoms with Crippen molar-refractivity contribution < 1.29 is 14.6 Å². The zero-order chi connectivity index (χ0) is 14.7.